The van der Waals surface area contributed by atoms with Crippen molar-refractivity contribution in [3.05, 3.63) is 23.8 Å². The third-order valence-electron chi connectivity index (χ3n) is 4.53. The van der Waals surface area contributed by atoms with E-state index in [-0.39, 0.29) is 0 Å². The van der Waals surface area contributed by atoms with Gasteiger partial charge < -0.3 is 5.73 Å². The zero-order valence-electron chi connectivity index (χ0n) is 12.6. The lowest BCUT2D eigenvalue weighted by Gasteiger charge is -2.21. The molecule has 5 heteroatoms. The summed E-state index contributed by atoms with van der Waals surface area (Å²) in [5, 5.41) is 12.5. The summed E-state index contributed by atoms with van der Waals surface area (Å²) < 4.78 is 2.02. The summed E-state index contributed by atoms with van der Waals surface area (Å²) in [5.41, 5.74) is 8.91. The van der Waals surface area contributed by atoms with Gasteiger partial charge in [0.1, 0.15) is 0 Å². The molecule has 2 N–H and O–H groups in total. The van der Waals surface area contributed by atoms with Gasteiger partial charge in [-0.3, -0.25) is 0 Å². The first-order chi connectivity index (χ1) is 10.3. The number of nitrogens with two attached hydrogens (primary N) is 1. The molecular formula is C16H23N5. The SMILES string of the molecule is Cc1c(N)cccc1-c1nnnn1C1CCCCCCC1. The minimum Gasteiger partial charge on any atom is -0.398 e. The van der Waals surface area contributed by atoms with Crippen LogP contribution in [0.25, 0.3) is 11.4 Å². The molecule has 1 aliphatic carbocycles. The molecule has 1 fully saturated rings. The second kappa shape index (κ2) is 6.24. The van der Waals surface area contributed by atoms with Gasteiger partial charge in [0, 0.05) is 11.3 Å². The molecule has 0 amide bonds. The number of hydrogen-bond acceptors (Lipinski definition) is 4. The number of rotatable bonds is 2. The number of benzene rings is 1. The molecule has 0 spiro atoms. The van der Waals surface area contributed by atoms with E-state index in [4.69, 9.17) is 5.73 Å². The van der Waals surface area contributed by atoms with Gasteiger partial charge in [0.15, 0.2) is 5.82 Å². The fourth-order valence-electron chi connectivity index (χ4n) is 3.19. The summed E-state index contributed by atoms with van der Waals surface area (Å²) in [6, 6.07) is 6.35. The second-order valence-electron chi connectivity index (χ2n) is 5.97. The summed E-state index contributed by atoms with van der Waals surface area (Å²) in [5.74, 6) is 0.852. The number of anilines is 1. The largest absolute Gasteiger partial charge is 0.398 e. The van der Waals surface area contributed by atoms with Crippen LogP contribution in [0.3, 0.4) is 0 Å². The van der Waals surface area contributed by atoms with Crippen LogP contribution in [0.2, 0.25) is 0 Å². The van der Waals surface area contributed by atoms with Crippen LogP contribution < -0.4 is 5.73 Å². The van der Waals surface area contributed by atoms with E-state index in [1.54, 1.807) is 0 Å². The van der Waals surface area contributed by atoms with Crippen LogP contribution in [-0.4, -0.2) is 20.2 Å². The highest BCUT2D eigenvalue weighted by Crippen LogP contribution is 2.31. The first kappa shape index (κ1) is 14.0. The van der Waals surface area contributed by atoms with E-state index in [1.165, 1.54) is 44.9 Å². The van der Waals surface area contributed by atoms with Gasteiger partial charge in [-0.15, -0.1) is 5.10 Å². The summed E-state index contributed by atoms with van der Waals surface area (Å²) in [6.45, 7) is 2.03. The predicted molar refractivity (Wildman–Crippen MR) is 83.8 cm³/mol. The van der Waals surface area contributed by atoms with E-state index in [1.807, 2.05) is 23.7 Å². The Bertz CT molecular complexity index is 596. The van der Waals surface area contributed by atoms with Crippen molar-refractivity contribution in [2.24, 2.45) is 0 Å². The fraction of sp³-hybridized carbons (Fsp3) is 0.562. The van der Waals surface area contributed by atoms with Crippen molar-refractivity contribution in [2.45, 2.75) is 57.9 Å². The van der Waals surface area contributed by atoms with Gasteiger partial charge in [0.2, 0.25) is 0 Å². The average molecular weight is 285 g/mol. The smallest absolute Gasteiger partial charge is 0.182 e. The molecule has 0 saturated heterocycles. The summed E-state index contributed by atoms with van der Waals surface area (Å²) in [4.78, 5) is 0. The Morgan fingerprint density at radius 1 is 1.10 bits per heavy atom. The van der Waals surface area contributed by atoms with Crippen molar-refractivity contribution in [1.82, 2.24) is 20.2 Å². The Balaban J connectivity index is 1.94. The molecule has 0 radical (unpaired) electrons. The number of nitrogens with zero attached hydrogens (tertiary/aromatic N) is 4. The lowest BCUT2D eigenvalue weighted by Crippen LogP contribution is -2.14. The van der Waals surface area contributed by atoms with Crippen molar-refractivity contribution in [3.63, 3.8) is 0 Å². The molecule has 21 heavy (non-hydrogen) atoms. The first-order valence-electron chi connectivity index (χ1n) is 7.90. The van der Waals surface area contributed by atoms with Crippen molar-refractivity contribution in [1.29, 1.82) is 0 Å². The minimum absolute atomic E-state index is 0.413. The molecule has 2 aromatic rings. The van der Waals surface area contributed by atoms with Gasteiger partial charge in [-0.1, -0.05) is 44.2 Å². The Morgan fingerprint density at radius 3 is 2.57 bits per heavy atom. The van der Waals surface area contributed by atoms with E-state index in [0.717, 1.165) is 22.6 Å². The Labute approximate surface area is 125 Å². The molecule has 1 aromatic heterocycles. The fourth-order valence-corrected chi connectivity index (χ4v) is 3.19. The predicted octanol–water partition coefficient (Wildman–Crippen LogP) is 3.52. The van der Waals surface area contributed by atoms with E-state index in [2.05, 4.69) is 21.6 Å². The maximum absolute atomic E-state index is 6.02. The van der Waals surface area contributed by atoms with Crippen molar-refractivity contribution in [2.75, 3.05) is 5.73 Å². The average Bonchev–Trinajstić information content (AvgIpc) is 2.90. The highest BCUT2D eigenvalue weighted by molar-refractivity contribution is 5.67. The molecule has 0 unspecified atom stereocenters. The normalized spacial score (nSPS) is 17.4. The molecule has 1 aromatic carbocycles. The van der Waals surface area contributed by atoms with Gasteiger partial charge in [0.05, 0.1) is 6.04 Å². The Kier molecular flexibility index (Phi) is 4.18. The maximum atomic E-state index is 6.02. The Hall–Kier alpha value is -1.91. The highest BCUT2D eigenvalue weighted by atomic mass is 15.5. The van der Waals surface area contributed by atoms with Gasteiger partial charge in [-0.25, -0.2) is 4.68 Å². The zero-order chi connectivity index (χ0) is 14.7. The lowest BCUT2D eigenvalue weighted by atomic mass is 9.96. The molecule has 0 atom stereocenters. The van der Waals surface area contributed by atoms with Crippen LogP contribution in [0.1, 0.15) is 56.6 Å². The van der Waals surface area contributed by atoms with E-state index >= 15 is 0 Å². The van der Waals surface area contributed by atoms with Crippen LogP contribution in [0, 0.1) is 6.92 Å². The summed E-state index contributed by atoms with van der Waals surface area (Å²) >= 11 is 0. The van der Waals surface area contributed by atoms with E-state index in [0.29, 0.717) is 6.04 Å². The molecule has 0 aliphatic heterocycles. The molecule has 1 heterocycles. The topological polar surface area (TPSA) is 69.6 Å². The number of hydrogen-bond donors (Lipinski definition) is 1. The van der Waals surface area contributed by atoms with Gasteiger partial charge in [-0.05, 0) is 41.8 Å². The molecule has 112 valence electrons. The van der Waals surface area contributed by atoms with Gasteiger partial charge in [0.25, 0.3) is 0 Å². The molecule has 5 nitrogen and oxygen atoms in total. The lowest BCUT2D eigenvalue weighted by molar-refractivity contribution is 0.345. The van der Waals surface area contributed by atoms with Crippen LogP contribution in [0.5, 0.6) is 0 Å². The summed E-state index contributed by atoms with van der Waals surface area (Å²) in [6.07, 6.45) is 8.87. The third kappa shape index (κ3) is 2.91. The monoisotopic (exact) mass is 285 g/mol. The van der Waals surface area contributed by atoms with E-state index < -0.39 is 0 Å². The minimum atomic E-state index is 0.413. The van der Waals surface area contributed by atoms with Crippen molar-refractivity contribution >= 4 is 5.69 Å². The van der Waals surface area contributed by atoms with Crippen LogP contribution in [0.4, 0.5) is 5.69 Å². The van der Waals surface area contributed by atoms with Crippen LogP contribution in [-0.2, 0) is 0 Å². The molecular weight excluding hydrogens is 262 g/mol. The van der Waals surface area contributed by atoms with Gasteiger partial charge >= 0.3 is 0 Å². The number of tetrazole rings is 1. The third-order valence-corrected chi connectivity index (χ3v) is 4.53. The van der Waals surface area contributed by atoms with Crippen LogP contribution in [0.15, 0.2) is 18.2 Å². The van der Waals surface area contributed by atoms with E-state index in [9.17, 15) is 0 Å². The highest BCUT2D eigenvalue weighted by Gasteiger charge is 2.20. The van der Waals surface area contributed by atoms with Crippen molar-refractivity contribution in [3.8, 4) is 11.4 Å². The van der Waals surface area contributed by atoms with Gasteiger partial charge in [-0.2, -0.15) is 0 Å². The Morgan fingerprint density at radius 2 is 1.81 bits per heavy atom. The zero-order valence-corrected chi connectivity index (χ0v) is 12.6. The maximum Gasteiger partial charge on any atom is 0.182 e. The summed E-state index contributed by atoms with van der Waals surface area (Å²) in [7, 11) is 0. The second-order valence-corrected chi connectivity index (χ2v) is 5.97. The molecule has 1 aliphatic rings. The first-order valence-corrected chi connectivity index (χ1v) is 7.90. The molecule has 3 rings (SSSR count). The van der Waals surface area contributed by atoms with Crippen molar-refractivity contribution < 1.29 is 0 Å². The quantitative estimate of drug-likeness (QED) is 0.857. The molecule has 0 bridgehead atoms. The standard InChI is InChI=1S/C16H23N5/c1-12-14(10-7-11-15(12)17)16-18-19-20-21(16)13-8-5-3-2-4-6-9-13/h7,10-11,13H,2-6,8-9,17H2,1H3. The molecule has 1 saturated carbocycles. The van der Waals surface area contributed by atoms with Crippen LogP contribution >= 0.6 is 0 Å². The number of nitrogen functional groups attached to an aromatic ring is 1. The number of aromatic nitrogens is 4.